The molecule has 2 rings (SSSR count). The first kappa shape index (κ1) is 14.7. The number of piperidine rings is 1. The standard InChI is InChI=1S/C14H19ClFNO2/c15-13-3-1-2-11(14(13)16)10-17-6-4-12(5-7-17)19-9-8-18/h1-3,12,18H,4-10H2. The molecular formula is C14H19ClFNO2. The number of ether oxygens (including phenoxy) is 1. The largest absolute Gasteiger partial charge is 0.394 e. The Hall–Kier alpha value is -0.680. The quantitative estimate of drug-likeness (QED) is 0.903. The fourth-order valence-corrected chi connectivity index (χ4v) is 2.56. The zero-order valence-electron chi connectivity index (χ0n) is 10.8. The topological polar surface area (TPSA) is 32.7 Å². The van der Waals surface area contributed by atoms with E-state index in [9.17, 15) is 4.39 Å². The van der Waals surface area contributed by atoms with Gasteiger partial charge in [-0.2, -0.15) is 0 Å². The lowest BCUT2D eigenvalue weighted by molar-refractivity contribution is -0.00914. The van der Waals surface area contributed by atoms with E-state index >= 15 is 0 Å². The number of aliphatic hydroxyl groups is 1. The second-order valence-corrected chi connectivity index (χ2v) is 5.19. The van der Waals surface area contributed by atoms with Gasteiger partial charge in [-0.3, -0.25) is 4.90 Å². The Kier molecular flexibility index (Phi) is 5.58. The summed E-state index contributed by atoms with van der Waals surface area (Å²) < 4.78 is 19.3. The number of hydrogen-bond acceptors (Lipinski definition) is 3. The van der Waals surface area contributed by atoms with Crippen LogP contribution in [-0.2, 0) is 11.3 Å². The lowest BCUT2D eigenvalue weighted by atomic mass is 10.1. The van der Waals surface area contributed by atoms with E-state index < -0.39 is 0 Å². The monoisotopic (exact) mass is 287 g/mol. The van der Waals surface area contributed by atoms with Crippen LogP contribution in [0.1, 0.15) is 18.4 Å². The van der Waals surface area contributed by atoms with Gasteiger partial charge in [-0.15, -0.1) is 0 Å². The molecule has 1 aromatic rings. The van der Waals surface area contributed by atoms with Crippen LogP contribution in [0.2, 0.25) is 5.02 Å². The fraction of sp³-hybridized carbons (Fsp3) is 0.571. The van der Waals surface area contributed by atoms with Gasteiger partial charge in [0, 0.05) is 25.2 Å². The van der Waals surface area contributed by atoms with Crippen LogP contribution < -0.4 is 0 Å². The van der Waals surface area contributed by atoms with Crippen molar-refractivity contribution >= 4 is 11.6 Å². The Balaban J connectivity index is 1.84. The second kappa shape index (κ2) is 7.20. The first-order chi connectivity index (χ1) is 9.20. The SMILES string of the molecule is OCCOC1CCN(Cc2cccc(Cl)c2F)CC1. The molecule has 3 nitrogen and oxygen atoms in total. The van der Waals surface area contributed by atoms with Gasteiger partial charge in [-0.25, -0.2) is 4.39 Å². The smallest absolute Gasteiger partial charge is 0.146 e. The van der Waals surface area contributed by atoms with Crippen molar-refractivity contribution in [2.75, 3.05) is 26.3 Å². The molecule has 1 heterocycles. The molecule has 0 radical (unpaired) electrons. The third kappa shape index (κ3) is 4.14. The van der Waals surface area contributed by atoms with Crippen LogP contribution in [0, 0.1) is 5.82 Å². The molecule has 5 heteroatoms. The van der Waals surface area contributed by atoms with Crippen molar-refractivity contribution in [1.82, 2.24) is 4.90 Å². The average Bonchev–Trinajstić information content (AvgIpc) is 2.43. The molecule has 0 bridgehead atoms. The van der Waals surface area contributed by atoms with Crippen molar-refractivity contribution in [3.05, 3.63) is 34.6 Å². The maximum absolute atomic E-state index is 13.8. The van der Waals surface area contributed by atoms with Crippen LogP contribution in [0.25, 0.3) is 0 Å². The molecule has 19 heavy (non-hydrogen) atoms. The summed E-state index contributed by atoms with van der Waals surface area (Å²) in [5.41, 5.74) is 0.641. The van der Waals surface area contributed by atoms with Gasteiger partial charge in [0.1, 0.15) is 5.82 Å². The van der Waals surface area contributed by atoms with Gasteiger partial charge in [0.2, 0.25) is 0 Å². The van der Waals surface area contributed by atoms with Gasteiger partial charge in [0.25, 0.3) is 0 Å². The van der Waals surface area contributed by atoms with Crippen LogP contribution >= 0.6 is 11.6 Å². The van der Waals surface area contributed by atoms with Gasteiger partial charge in [0.05, 0.1) is 24.3 Å². The highest BCUT2D eigenvalue weighted by Crippen LogP contribution is 2.21. The fourth-order valence-electron chi connectivity index (χ4n) is 2.36. The van der Waals surface area contributed by atoms with Gasteiger partial charge >= 0.3 is 0 Å². The molecule has 106 valence electrons. The molecule has 0 spiro atoms. The number of rotatable bonds is 5. The molecule has 1 aliphatic heterocycles. The third-order valence-electron chi connectivity index (χ3n) is 3.40. The molecule has 1 saturated heterocycles. The summed E-state index contributed by atoms with van der Waals surface area (Å²) in [5.74, 6) is -0.317. The summed E-state index contributed by atoms with van der Waals surface area (Å²) in [4.78, 5) is 2.20. The minimum atomic E-state index is -0.317. The first-order valence-corrected chi connectivity index (χ1v) is 6.96. The van der Waals surface area contributed by atoms with E-state index in [0.29, 0.717) is 18.7 Å². The molecule has 0 amide bonds. The normalized spacial score (nSPS) is 17.8. The van der Waals surface area contributed by atoms with Crippen molar-refractivity contribution < 1.29 is 14.2 Å². The number of likely N-dealkylation sites (tertiary alicyclic amines) is 1. The highest BCUT2D eigenvalue weighted by atomic mass is 35.5. The van der Waals surface area contributed by atoms with Gasteiger partial charge in [0.15, 0.2) is 0 Å². The van der Waals surface area contributed by atoms with Crippen molar-refractivity contribution in [3.63, 3.8) is 0 Å². The lowest BCUT2D eigenvalue weighted by Gasteiger charge is -2.31. The highest BCUT2D eigenvalue weighted by Gasteiger charge is 2.20. The lowest BCUT2D eigenvalue weighted by Crippen LogP contribution is -2.37. The summed E-state index contributed by atoms with van der Waals surface area (Å²) in [6, 6.07) is 5.11. The highest BCUT2D eigenvalue weighted by molar-refractivity contribution is 6.30. The molecule has 0 atom stereocenters. The number of benzene rings is 1. The Morgan fingerprint density at radius 2 is 2.11 bits per heavy atom. The van der Waals surface area contributed by atoms with Crippen LogP contribution in [0.4, 0.5) is 4.39 Å². The Morgan fingerprint density at radius 3 is 2.79 bits per heavy atom. The minimum absolute atomic E-state index is 0.0634. The molecule has 1 aromatic carbocycles. The van der Waals surface area contributed by atoms with Crippen molar-refractivity contribution in [2.45, 2.75) is 25.5 Å². The maximum atomic E-state index is 13.8. The van der Waals surface area contributed by atoms with Gasteiger partial charge < -0.3 is 9.84 Å². The molecule has 1 aliphatic rings. The van der Waals surface area contributed by atoms with Crippen LogP contribution in [0.15, 0.2) is 18.2 Å². The van der Waals surface area contributed by atoms with E-state index in [4.69, 9.17) is 21.4 Å². The van der Waals surface area contributed by atoms with E-state index in [2.05, 4.69) is 4.90 Å². The number of nitrogens with zero attached hydrogens (tertiary/aromatic N) is 1. The summed E-state index contributed by atoms with van der Waals surface area (Å²) >= 11 is 5.77. The van der Waals surface area contributed by atoms with Gasteiger partial charge in [-0.05, 0) is 18.9 Å². The first-order valence-electron chi connectivity index (χ1n) is 6.58. The van der Waals surface area contributed by atoms with Crippen LogP contribution in [0.3, 0.4) is 0 Å². The molecular weight excluding hydrogens is 269 g/mol. The maximum Gasteiger partial charge on any atom is 0.146 e. The third-order valence-corrected chi connectivity index (χ3v) is 3.70. The molecule has 0 aliphatic carbocycles. The summed E-state index contributed by atoms with van der Waals surface area (Å²) in [6.45, 7) is 2.80. The molecule has 1 fully saturated rings. The van der Waals surface area contributed by atoms with E-state index in [1.807, 2.05) is 0 Å². The molecule has 0 saturated carbocycles. The number of hydrogen-bond donors (Lipinski definition) is 1. The van der Waals surface area contributed by atoms with Crippen LogP contribution in [0.5, 0.6) is 0 Å². The summed E-state index contributed by atoms with van der Waals surface area (Å²) in [6.07, 6.45) is 2.05. The van der Waals surface area contributed by atoms with E-state index in [0.717, 1.165) is 25.9 Å². The number of aliphatic hydroxyl groups excluding tert-OH is 1. The zero-order valence-corrected chi connectivity index (χ0v) is 11.6. The van der Waals surface area contributed by atoms with Crippen molar-refractivity contribution in [1.29, 1.82) is 0 Å². The van der Waals surface area contributed by atoms with Crippen molar-refractivity contribution in [3.8, 4) is 0 Å². The number of halogens is 2. The molecule has 0 unspecified atom stereocenters. The second-order valence-electron chi connectivity index (χ2n) is 4.78. The molecule has 0 aromatic heterocycles. The van der Waals surface area contributed by atoms with Crippen molar-refractivity contribution in [2.24, 2.45) is 0 Å². The predicted molar refractivity (Wildman–Crippen MR) is 72.7 cm³/mol. The van der Waals surface area contributed by atoms with E-state index in [1.54, 1.807) is 18.2 Å². The summed E-state index contributed by atoms with van der Waals surface area (Å²) in [7, 11) is 0. The van der Waals surface area contributed by atoms with Gasteiger partial charge in [-0.1, -0.05) is 23.7 Å². The summed E-state index contributed by atoms with van der Waals surface area (Å²) in [5, 5.41) is 8.89. The van der Waals surface area contributed by atoms with Crippen LogP contribution in [-0.4, -0.2) is 42.4 Å². The Bertz CT molecular complexity index is 408. The predicted octanol–water partition coefficient (Wildman–Crippen LogP) is 2.45. The Morgan fingerprint density at radius 1 is 1.37 bits per heavy atom. The Labute approximate surface area is 117 Å². The van der Waals surface area contributed by atoms with E-state index in [1.165, 1.54) is 0 Å². The molecule has 1 N–H and O–H groups in total. The average molecular weight is 288 g/mol. The van der Waals surface area contributed by atoms with E-state index in [-0.39, 0.29) is 23.6 Å². The zero-order chi connectivity index (χ0) is 13.7. The minimum Gasteiger partial charge on any atom is -0.394 e.